The fourth-order valence-corrected chi connectivity index (χ4v) is 4.02. The number of piperidine rings is 1. The first kappa shape index (κ1) is 22.1. The van der Waals surface area contributed by atoms with Crippen LogP contribution in [0.1, 0.15) is 24.0 Å². The topological polar surface area (TPSA) is 54.0 Å². The Morgan fingerprint density at radius 3 is 2.47 bits per heavy atom. The lowest BCUT2D eigenvalue weighted by Gasteiger charge is -2.32. The molecule has 0 radical (unpaired) electrons. The maximum Gasteiger partial charge on any atom is 0.234 e. The molecule has 0 atom stereocenters. The number of carbonyl (C=O) groups excluding carboxylic acids is 1. The van der Waals surface area contributed by atoms with Crippen molar-refractivity contribution in [3.8, 4) is 11.5 Å². The lowest BCUT2D eigenvalue weighted by atomic mass is 10.0. The predicted octanol–water partition coefficient (Wildman–Crippen LogP) is 2.92. The van der Waals surface area contributed by atoms with Crippen molar-refractivity contribution in [2.45, 2.75) is 32.0 Å². The van der Waals surface area contributed by atoms with E-state index in [1.807, 2.05) is 36.2 Å². The number of hydrogen-bond donors (Lipinski definition) is 1. The highest BCUT2D eigenvalue weighted by atomic mass is 16.5. The monoisotopic (exact) mass is 411 g/mol. The van der Waals surface area contributed by atoms with Crippen LogP contribution < -0.4 is 14.8 Å². The van der Waals surface area contributed by atoms with Crippen LogP contribution in [0.25, 0.3) is 0 Å². The zero-order valence-corrected chi connectivity index (χ0v) is 18.3. The molecule has 1 aliphatic rings. The minimum absolute atomic E-state index is 0.0703. The minimum Gasteiger partial charge on any atom is -0.493 e. The smallest absolute Gasteiger partial charge is 0.234 e. The summed E-state index contributed by atoms with van der Waals surface area (Å²) in [6.45, 7) is 3.97. The van der Waals surface area contributed by atoms with E-state index in [4.69, 9.17) is 9.47 Å². The number of para-hydroxylation sites is 1. The van der Waals surface area contributed by atoms with Crippen LogP contribution in [-0.2, 0) is 17.9 Å². The average Bonchev–Trinajstić information content (AvgIpc) is 2.75. The quantitative estimate of drug-likeness (QED) is 0.688. The lowest BCUT2D eigenvalue weighted by Crippen LogP contribution is -2.46. The summed E-state index contributed by atoms with van der Waals surface area (Å²) in [6, 6.07) is 16.6. The van der Waals surface area contributed by atoms with E-state index >= 15 is 0 Å². The fraction of sp³-hybridized carbons (Fsp3) is 0.458. The molecule has 2 aromatic carbocycles. The number of nitrogens with one attached hydrogen (secondary N) is 1. The van der Waals surface area contributed by atoms with E-state index in [0.29, 0.717) is 18.8 Å². The van der Waals surface area contributed by atoms with Gasteiger partial charge in [0, 0.05) is 37.8 Å². The van der Waals surface area contributed by atoms with Crippen molar-refractivity contribution in [3.05, 3.63) is 59.7 Å². The highest BCUT2D eigenvalue weighted by molar-refractivity contribution is 5.78. The number of likely N-dealkylation sites (N-methyl/N-ethyl adjacent to an activating group) is 1. The molecular weight excluding hydrogens is 378 g/mol. The van der Waals surface area contributed by atoms with Crippen molar-refractivity contribution < 1.29 is 14.3 Å². The number of likely N-dealkylation sites (tertiary alicyclic amines) is 1. The van der Waals surface area contributed by atoms with E-state index in [1.54, 1.807) is 14.2 Å². The summed E-state index contributed by atoms with van der Waals surface area (Å²) < 4.78 is 10.8. The Labute approximate surface area is 179 Å². The molecular formula is C24H33N3O3. The first-order chi connectivity index (χ1) is 14.6. The molecule has 1 heterocycles. The Balaban J connectivity index is 1.43. The van der Waals surface area contributed by atoms with Crippen LogP contribution in [0.15, 0.2) is 48.5 Å². The number of nitrogens with zero attached hydrogens (tertiary/aromatic N) is 2. The van der Waals surface area contributed by atoms with E-state index < -0.39 is 0 Å². The highest BCUT2D eigenvalue weighted by Gasteiger charge is 2.21. The van der Waals surface area contributed by atoms with Gasteiger partial charge in [0.15, 0.2) is 11.5 Å². The molecule has 0 unspecified atom stereocenters. The van der Waals surface area contributed by atoms with Gasteiger partial charge in [0.1, 0.15) is 0 Å². The van der Waals surface area contributed by atoms with Gasteiger partial charge >= 0.3 is 0 Å². The number of hydrogen-bond acceptors (Lipinski definition) is 5. The molecule has 1 saturated heterocycles. The first-order valence-electron chi connectivity index (χ1n) is 10.5. The molecule has 0 aliphatic carbocycles. The van der Waals surface area contributed by atoms with Gasteiger partial charge < -0.3 is 14.8 Å². The molecule has 1 N–H and O–H groups in total. The molecule has 162 valence electrons. The van der Waals surface area contributed by atoms with Gasteiger partial charge in [-0.3, -0.25) is 14.6 Å². The number of benzene rings is 2. The molecule has 30 heavy (non-hydrogen) atoms. The molecule has 6 nitrogen and oxygen atoms in total. The van der Waals surface area contributed by atoms with Crippen molar-refractivity contribution >= 4 is 5.91 Å². The van der Waals surface area contributed by atoms with Gasteiger partial charge in [-0.05, 0) is 31.5 Å². The predicted molar refractivity (Wildman–Crippen MR) is 119 cm³/mol. The second-order valence-electron chi connectivity index (χ2n) is 7.93. The maximum atomic E-state index is 12.5. The number of amides is 1. The third-order valence-corrected chi connectivity index (χ3v) is 5.54. The van der Waals surface area contributed by atoms with Crippen molar-refractivity contribution in [1.82, 2.24) is 15.1 Å². The molecule has 1 fully saturated rings. The van der Waals surface area contributed by atoms with Crippen LogP contribution >= 0.6 is 0 Å². The van der Waals surface area contributed by atoms with Crippen LogP contribution in [-0.4, -0.2) is 62.7 Å². The van der Waals surface area contributed by atoms with Crippen molar-refractivity contribution in [2.24, 2.45) is 0 Å². The molecule has 0 spiro atoms. The molecule has 6 heteroatoms. The van der Waals surface area contributed by atoms with E-state index in [9.17, 15) is 4.79 Å². The number of carbonyl (C=O) groups is 1. The third-order valence-electron chi connectivity index (χ3n) is 5.54. The normalized spacial score (nSPS) is 15.2. The summed E-state index contributed by atoms with van der Waals surface area (Å²) in [5.41, 5.74) is 2.34. The Morgan fingerprint density at radius 2 is 1.80 bits per heavy atom. The summed E-state index contributed by atoms with van der Waals surface area (Å²) in [4.78, 5) is 17.0. The Morgan fingerprint density at radius 1 is 1.07 bits per heavy atom. The van der Waals surface area contributed by atoms with Gasteiger partial charge in [0.2, 0.25) is 5.91 Å². The summed E-state index contributed by atoms with van der Waals surface area (Å²) in [5, 5.41) is 3.21. The zero-order valence-electron chi connectivity index (χ0n) is 18.3. The maximum absolute atomic E-state index is 12.5. The molecule has 0 saturated carbocycles. The summed E-state index contributed by atoms with van der Waals surface area (Å²) >= 11 is 0. The van der Waals surface area contributed by atoms with Crippen LogP contribution in [0.5, 0.6) is 11.5 Å². The summed E-state index contributed by atoms with van der Waals surface area (Å²) in [5.74, 6) is 1.49. The standard InChI is InChI=1S/C24H33N3O3/c1-26(17-20-10-7-11-22(29-2)24(20)30-3)18-23(28)25-21-12-14-27(15-13-21)16-19-8-5-4-6-9-19/h4-11,21H,12-18H2,1-3H3,(H,25,28). The number of rotatable bonds is 9. The van der Waals surface area contributed by atoms with Gasteiger partial charge in [0.05, 0.1) is 20.8 Å². The van der Waals surface area contributed by atoms with Gasteiger partial charge in [-0.2, -0.15) is 0 Å². The Kier molecular flexibility index (Phi) is 8.11. The van der Waals surface area contributed by atoms with Crippen LogP contribution in [0.2, 0.25) is 0 Å². The molecule has 0 bridgehead atoms. The van der Waals surface area contributed by atoms with Gasteiger partial charge in [-0.25, -0.2) is 0 Å². The minimum atomic E-state index is 0.0703. The average molecular weight is 412 g/mol. The third kappa shape index (κ3) is 6.21. The highest BCUT2D eigenvalue weighted by Crippen LogP contribution is 2.31. The molecule has 1 aliphatic heterocycles. The van der Waals surface area contributed by atoms with E-state index in [1.165, 1.54) is 5.56 Å². The van der Waals surface area contributed by atoms with Crippen molar-refractivity contribution in [2.75, 3.05) is 40.9 Å². The lowest BCUT2D eigenvalue weighted by molar-refractivity contribution is -0.123. The number of methoxy groups -OCH3 is 2. The Bertz CT molecular complexity index is 805. The van der Waals surface area contributed by atoms with Crippen molar-refractivity contribution in [1.29, 1.82) is 0 Å². The molecule has 2 aromatic rings. The van der Waals surface area contributed by atoms with Gasteiger partial charge in [0.25, 0.3) is 0 Å². The zero-order chi connectivity index (χ0) is 21.3. The molecule has 3 rings (SSSR count). The SMILES string of the molecule is COc1cccc(CN(C)CC(=O)NC2CCN(Cc3ccccc3)CC2)c1OC. The van der Waals surface area contributed by atoms with Crippen LogP contribution in [0, 0.1) is 0 Å². The van der Waals surface area contributed by atoms with Crippen LogP contribution in [0.3, 0.4) is 0 Å². The van der Waals surface area contributed by atoms with E-state index in [0.717, 1.165) is 43.8 Å². The fourth-order valence-electron chi connectivity index (χ4n) is 4.02. The van der Waals surface area contributed by atoms with E-state index in [-0.39, 0.29) is 11.9 Å². The Hall–Kier alpha value is -2.57. The summed E-state index contributed by atoms with van der Waals surface area (Å²) in [6.07, 6.45) is 1.98. The molecule has 1 amide bonds. The second-order valence-corrected chi connectivity index (χ2v) is 7.93. The van der Waals surface area contributed by atoms with Gasteiger partial charge in [-0.15, -0.1) is 0 Å². The number of ether oxygens (including phenoxy) is 2. The first-order valence-corrected chi connectivity index (χ1v) is 10.5. The van der Waals surface area contributed by atoms with Gasteiger partial charge in [-0.1, -0.05) is 42.5 Å². The summed E-state index contributed by atoms with van der Waals surface area (Å²) in [7, 11) is 5.21. The van der Waals surface area contributed by atoms with Crippen molar-refractivity contribution in [3.63, 3.8) is 0 Å². The molecule has 0 aromatic heterocycles. The van der Waals surface area contributed by atoms with Crippen LogP contribution in [0.4, 0.5) is 0 Å². The van der Waals surface area contributed by atoms with E-state index in [2.05, 4.69) is 34.5 Å². The largest absolute Gasteiger partial charge is 0.493 e. The second kappa shape index (κ2) is 11.0.